The Labute approximate surface area is 435 Å². The van der Waals surface area contributed by atoms with Gasteiger partial charge in [0.1, 0.15) is 13.2 Å². The second-order valence-corrected chi connectivity index (χ2v) is 20.6. The lowest BCUT2D eigenvalue weighted by Gasteiger charge is -2.18. The van der Waals surface area contributed by atoms with Gasteiger partial charge in [-0.25, -0.2) is 0 Å². The first kappa shape index (κ1) is 67.4. The minimum absolute atomic E-state index is 0.0671. The second kappa shape index (κ2) is 58.9. The van der Waals surface area contributed by atoms with Crippen LogP contribution in [-0.4, -0.2) is 37.2 Å². The zero-order valence-electron chi connectivity index (χ0n) is 46.8. The molecule has 6 heteroatoms. The number of esters is 3. The zero-order chi connectivity index (χ0) is 50.7. The summed E-state index contributed by atoms with van der Waals surface area (Å²) in [6, 6.07) is 0. The number of hydrogen-bond donors (Lipinski definition) is 0. The van der Waals surface area contributed by atoms with Crippen LogP contribution in [0.2, 0.25) is 0 Å². The molecule has 0 aliphatic rings. The van der Waals surface area contributed by atoms with E-state index in [2.05, 4.69) is 69.4 Å². The summed E-state index contributed by atoms with van der Waals surface area (Å²) >= 11 is 0. The van der Waals surface area contributed by atoms with Crippen molar-refractivity contribution in [2.24, 2.45) is 0 Å². The average molecular weight is 982 g/mol. The van der Waals surface area contributed by atoms with E-state index in [1.165, 1.54) is 199 Å². The Kier molecular flexibility index (Phi) is 56.7. The summed E-state index contributed by atoms with van der Waals surface area (Å²) < 4.78 is 16.8. The first-order chi connectivity index (χ1) is 34.5. The SMILES string of the molecule is CC/C=C\C/C=C\C/C=C\C/C=C\CCCCCCCCCCCCCCCCCCC(=O)OCC(COC(=O)CCCCCCCCCC)OC(=O)CCCCCCCCCCCCCCCCC. The molecule has 1 atom stereocenters. The smallest absolute Gasteiger partial charge is 0.306 e. The molecule has 0 rings (SSSR count). The van der Waals surface area contributed by atoms with Crippen LogP contribution in [0, 0.1) is 0 Å². The summed E-state index contributed by atoms with van der Waals surface area (Å²) in [6.45, 7) is 6.54. The number of allylic oxidation sites excluding steroid dienone is 8. The van der Waals surface area contributed by atoms with Gasteiger partial charge in [0.15, 0.2) is 6.10 Å². The largest absolute Gasteiger partial charge is 0.462 e. The van der Waals surface area contributed by atoms with Crippen molar-refractivity contribution in [2.45, 2.75) is 329 Å². The van der Waals surface area contributed by atoms with Crippen LogP contribution in [0.15, 0.2) is 48.6 Å². The predicted octanol–water partition coefficient (Wildman–Crippen LogP) is 20.6. The quantitative estimate of drug-likeness (QED) is 0.0261. The molecule has 0 aromatic carbocycles. The van der Waals surface area contributed by atoms with Gasteiger partial charge in [-0.2, -0.15) is 0 Å². The van der Waals surface area contributed by atoms with Crippen molar-refractivity contribution in [1.29, 1.82) is 0 Å². The van der Waals surface area contributed by atoms with Gasteiger partial charge in [0.05, 0.1) is 0 Å². The van der Waals surface area contributed by atoms with Crippen LogP contribution in [0.3, 0.4) is 0 Å². The summed E-state index contributed by atoms with van der Waals surface area (Å²) in [4.78, 5) is 38.0. The third-order valence-electron chi connectivity index (χ3n) is 13.6. The lowest BCUT2D eigenvalue weighted by Crippen LogP contribution is -2.30. The molecular formula is C64H116O6. The van der Waals surface area contributed by atoms with Crippen molar-refractivity contribution in [3.05, 3.63) is 48.6 Å². The molecule has 0 aromatic heterocycles. The van der Waals surface area contributed by atoms with Crippen LogP contribution in [0.4, 0.5) is 0 Å². The standard InChI is InChI=1S/C64H116O6/c1-4-7-10-13-16-19-21-23-25-26-27-28-29-30-31-32-33-34-35-36-37-38-40-41-43-45-48-51-54-57-63(66)69-60-61(59-68-62(65)56-53-50-47-18-15-12-9-6-3)70-64(67)58-55-52-49-46-44-42-39-24-22-20-17-14-11-8-5-2/h7,10,16,19,23,25,27-28,61H,4-6,8-9,11-15,17-18,20-22,24,26,29-60H2,1-3H3/b10-7-,19-16-,25-23-,28-27-. The fraction of sp³-hybridized carbons (Fsp3) is 0.828. The highest BCUT2D eigenvalue weighted by molar-refractivity contribution is 5.71. The Balaban J connectivity index is 4.07. The normalized spacial score (nSPS) is 12.3. The molecule has 1 unspecified atom stereocenters. The van der Waals surface area contributed by atoms with E-state index in [0.29, 0.717) is 19.3 Å². The molecule has 0 saturated carbocycles. The van der Waals surface area contributed by atoms with Crippen LogP contribution in [0.25, 0.3) is 0 Å². The average Bonchev–Trinajstić information content (AvgIpc) is 3.36. The van der Waals surface area contributed by atoms with Gasteiger partial charge in [-0.05, 0) is 57.8 Å². The van der Waals surface area contributed by atoms with E-state index in [4.69, 9.17) is 14.2 Å². The van der Waals surface area contributed by atoms with Crippen LogP contribution in [-0.2, 0) is 28.6 Å². The van der Waals surface area contributed by atoms with Gasteiger partial charge in [0.25, 0.3) is 0 Å². The van der Waals surface area contributed by atoms with E-state index < -0.39 is 6.10 Å². The monoisotopic (exact) mass is 981 g/mol. The Morgan fingerprint density at radius 2 is 0.557 bits per heavy atom. The van der Waals surface area contributed by atoms with Gasteiger partial charge in [-0.15, -0.1) is 0 Å². The highest BCUT2D eigenvalue weighted by Gasteiger charge is 2.19. The highest BCUT2D eigenvalue weighted by Crippen LogP contribution is 2.17. The number of rotatable bonds is 56. The van der Waals surface area contributed by atoms with Crippen molar-refractivity contribution >= 4 is 17.9 Å². The van der Waals surface area contributed by atoms with Gasteiger partial charge < -0.3 is 14.2 Å². The number of hydrogen-bond acceptors (Lipinski definition) is 6. The summed E-state index contributed by atoms with van der Waals surface area (Å²) in [5, 5.41) is 0. The summed E-state index contributed by atoms with van der Waals surface area (Å²) in [6.07, 6.45) is 72.8. The third-order valence-corrected chi connectivity index (χ3v) is 13.6. The Morgan fingerprint density at radius 1 is 0.300 bits per heavy atom. The molecule has 0 heterocycles. The molecular weight excluding hydrogens is 865 g/mol. The number of ether oxygens (including phenoxy) is 3. The summed E-state index contributed by atoms with van der Waals surface area (Å²) in [7, 11) is 0. The first-order valence-electron chi connectivity index (χ1n) is 30.6. The molecule has 0 aliphatic heterocycles. The maximum absolute atomic E-state index is 12.8. The van der Waals surface area contributed by atoms with Crippen LogP contribution in [0.1, 0.15) is 323 Å². The Bertz CT molecular complexity index is 1220. The Hall–Kier alpha value is -2.63. The molecule has 0 radical (unpaired) electrons. The molecule has 6 nitrogen and oxygen atoms in total. The molecule has 0 spiro atoms. The van der Waals surface area contributed by atoms with Crippen molar-refractivity contribution in [2.75, 3.05) is 13.2 Å². The van der Waals surface area contributed by atoms with Crippen LogP contribution < -0.4 is 0 Å². The Morgan fingerprint density at radius 3 is 0.871 bits per heavy atom. The van der Waals surface area contributed by atoms with Gasteiger partial charge >= 0.3 is 17.9 Å². The number of carbonyl (C=O) groups is 3. The van der Waals surface area contributed by atoms with E-state index in [9.17, 15) is 14.4 Å². The molecule has 0 aliphatic carbocycles. The summed E-state index contributed by atoms with van der Waals surface area (Å²) in [5.41, 5.74) is 0. The fourth-order valence-corrected chi connectivity index (χ4v) is 9.02. The predicted molar refractivity (Wildman–Crippen MR) is 302 cm³/mol. The summed E-state index contributed by atoms with van der Waals surface area (Å²) in [5.74, 6) is -0.852. The van der Waals surface area contributed by atoms with Crippen LogP contribution in [0.5, 0.6) is 0 Å². The first-order valence-corrected chi connectivity index (χ1v) is 30.6. The molecule has 0 N–H and O–H groups in total. The third kappa shape index (κ3) is 56.3. The fourth-order valence-electron chi connectivity index (χ4n) is 9.02. The minimum atomic E-state index is -0.766. The molecule has 0 bridgehead atoms. The molecule has 0 amide bonds. The topological polar surface area (TPSA) is 78.9 Å². The second-order valence-electron chi connectivity index (χ2n) is 20.6. The van der Waals surface area contributed by atoms with E-state index >= 15 is 0 Å². The lowest BCUT2D eigenvalue weighted by molar-refractivity contribution is -0.167. The molecule has 0 fully saturated rings. The van der Waals surface area contributed by atoms with E-state index in [1.807, 2.05) is 0 Å². The van der Waals surface area contributed by atoms with E-state index in [1.54, 1.807) is 0 Å². The van der Waals surface area contributed by atoms with Gasteiger partial charge in [0.2, 0.25) is 0 Å². The highest BCUT2D eigenvalue weighted by atomic mass is 16.6. The van der Waals surface area contributed by atoms with E-state index in [-0.39, 0.29) is 31.1 Å². The van der Waals surface area contributed by atoms with Crippen molar-refractivity contribution in [1.82, 2.24) is 0 Å². The van der Waals surface area contributed by atoms with Crippen LogP contribution >= 0.6 is 0 Å². The lowest BCUT2D eigenvalue weighted by atomic mass is 10.0. The minimum Gasteiger partial charge on any atom is -0.462 e. The van der Waals surface area contributed by atoms with Crippen molar-refractivity contribution in [3.8, 4) is 0 Å². The van der Waals surface area contributed by atoms with Gasteiger partial charge in [-0.1, -0.05) is 294 Å². The van der Waals surface area contributed by atoms with E-state index in [0.717, 1.165) is 83.5 Å². The van der Waals surface area contributed by atoms with Gasteiger partial charge in [0, 0.05) is 19.3 Å². The molecule has 0 aromatic rings. The maximum atomic E-state index is 12.8. The zero-order valence-corrected chi connectivity index (χ0v) is 46.8. The molecule has 70 heavy (non-hydrogen) atoms. The number of carbonyl (C=O) groups excluding carboxylic acids is 3. The van der Waals surface area contributed by atoms with Crippen molar-refractivity contribution in [3.63, 3.8) is 0 Å². The molecule has 408 valence electrons. The van der Waals surface area contributed by atoms with Gasteiger partial charge in [-0.3, -0.25) is 14.4 Å². The molecule has 0 saturated heterocycles. The maximum Gasteiger partial charge on any atom is 0.306 e. The van der Waals surface area contributed by atoms with Crippen molar-refractivity contribution < 1.29 is 28.6 Å². The number of unbranched alkanes of at least 4 members (excludes halogenated alkanes) is 37.